The number of halogens is 2. The number of nitrogens with zero attached hydrogens (tertiary/aromatic N) is 1. The summed E-state index contributed by atoms with van der Waals surface area (Å²) >= 11 is 11.8. The third kappa shape index (κ3) is 5.89. The minimum Gasteiger partial charge on any atom is -0.422 e. The number of nitrogens with one attached hydrogen (secondary N) is 2. The fourth-order valence-corrected chi connectivity index (χ4v) is 3.61. The molecule has 2 amide bonds. The summed E-state index contributed by atoms with van der Waals surface area (Å²) in [4.78, 5) is 37.2. The van der Waals surface area contributed by atoms with Gasteiger partial charge in [0.15, 0.2) is 0 Å². The van der Waals surface area contributed by atoms with Crippen molar-refractivity contribution in [3.63, 3.8) is 0 Å². The number of hydrogen-bond donors (Lipinski definition) is 2. The van der Waals surface area contributed by atoms with Crippen molar-refractivity contribution in [3.05, 3.63) is 106 Å². The predicted octanol–water partition coefficient (Wildman–Crippen LogP) is 5.76. The van der Waals surface area contributed by atoms with Crippen LogP contribution in [-0.4, -0.2) is 24.0 Å². The average molecular weight is 520 g/mol. The fourth-order valence-electron chi connectivity index (χ4n) is 3.31. The number of fused-ring (bicyclic) bond motifs is 1. The van der Waals surface area contributed by atoms with Gasteiger partial charge in [-0.1, -0.05) is 71.2 Å². The molecule has 7 nitrogen and oxygen atoms in total. The van der Waals surface area contributed by atoms with Crippen LogP contribution in [0.2, 0.25) is 10.0 Å². The van der Waals surface area contributed by atoms with E-state index in [0.29, 0.717) is 21.8 Å². The van der Waals surface area contributed by atoms with Crippen LogP contribution in [0.25, 0.3) is 10.8 Å². The molecule has 0 atom stereocenters. The van der Waals surface area contributed by atoms with E-state index < -0.39 is 17.8 Å². The lowest BCUT2D eigenvalue weighted by atomic mass is 10.0. The van der Waals surface area contributed by atoms with Gasteiger partial charge in [0.25, 0.3) is 0 Å². The van der Waals surface area contributed by atoms with Crippen LogP contribution < -0.4 is 15.5 Å². The number of carbonyl (C=O) groups is 3. The molecule has 180 valence electrons. The largest absolute Gasteiger partial charge is 0.422 e. The zero-order chi connectivity index (χ0) is 25.7. The summed E-state index contributed by atoms with van der Waals surface area (Å²) in [7, 11) is 0. The van der Waals surface area contributed by atoms with Crippen molar-refractivity contribution in [2.24, 2.45) is 5.10 Å². The van der Waals surface area contributed by atoms with Gasteiger partial charge in [-0.25, -0.2) is 10.2 Å². The number of anilines is 1. The van der Waals surface area contributed by atoms with Crippen molar-refractivity contribution in [2.75, 3.05) is 5.32 Å². The van der Waals surface area contributed by atoms with Gasteiger partial charge in [0.2, 0.25) is 0 Å². The minimum absolute atomic E-state index is 0.233. The van der Waals surface area contributed by atoms with Gasteiger partial charge in [0.05, 0.1) is 21.8 Å². The summed E-state index contributed by atoms with van der Waals surface area (Å²) in [6.07, 6.45) is 1.32. The number of carbonyl (C=O) groups excluding carboxylic acids is 3. The zero-order valence-corrected chi connectivity index (χ0v) is 20.4. The summed E-state index contributed by atoms with van der Waals surface area (Å²) < 4.78 is 5.64. The van der Waals surface area contributed by atoms with E-state index in [9.17, 15) is 14.4 Å². The van der Waals surface area contributed by atoms with Gasteiger partial charge in [0, 0.05) is 11.3 Å². The number of benzene rings is 4. The molecule has 0 saturated carbocycles. The number of amides is 2. The number of ether oxygens (including phenoxy) is 1. The lowest BCUT2D eigenvalue weighted by Crippen LogP contribution is -2.32. The van der Waals surface area contributed by atoms with Gasteiger partial charge >= 0.3 is 17.8 Å². The van der Waals surface area contributed by atoms with Gasteiger partial charge in [0.1, 0.15) is 5.75 Å². The maximum Gasteiger partial charge on any atom is 0.343 e. The van der Waals surface area contributed by atoms with Crippen LogP contribution in [0.4, 0.5) is 5.69 Å². The standard InChI is InChI=1S/C27H19Cl2N3O4/c1-16-6-8-18(9-7-16)27(35)36-24-13-10-17-4-2-3-5-20(17)21(24)15-30-32-26(34)25(33)31-19-11-12-22(28)23(29)14-19/h2-15H,1H3,(H,31,33)(H,32,34)/b30-15+. The number of aryl methyl sites for hydroxylation is 1. The van der Waals surface area contributed by atoms with Crippen LogP contribution >= 0.6 is 23.2 Å². The first-order valence-corrected chi connectivity index (χ1v) is 11.5. The molecule has 2 N–H and O–H groups in total. The summed E-state index contributed by atoms with van der Waals surface area (Å²) in [5.41, 5.74) is 4.35. The van der Waals surface area contributed by atoms with Crippen LogP contribution in [0.3, 0.4) is 0 Å². The molecule has 0 aliphatic carbocycles. The van der Waals surface area contributed by atoms with Crippen molar-refractivity contribution < 1.29 is 19.1 Å². The highest BCUT2D eigenvalue weighted by Crippen LogP contribution is 2.28. The van der Waals surface area contributed by atoms with E-state index in [1.54, 1.807) is 18.2 Å². The fraction of sp³-hybridized carbons (Fsp3) is 0.0370. The Hall–Kier alpha value is -4.20. The van der Waals surface area contributed by atoms with E-state index in [1.807, 2.05) is 49.4 Å². The van der Waals surface area contributed by atoms with E-state index in [1.165, 1.54) is 24.4 Å². The summed E-state index contributed by atoms with van der Waals surface area (Å²) in [6, 6.07) is 22.3. The molecule has 9 heteroatoms. The smallest absolute Gasteiger partial charge is 0.343 e. The van der Waals surface area contributed by atoms with Crippen molar-refractivity contribution in [1.82, 2.24) is 5.43 Å². The summed E-state index contributed by atoms with van der Waals surface area (Å²) in [5.74, 6) is -2.24. The Morgan fingerprint density at radius 3 is 2.36 bits per heavy atom. The second kappa shape index (κ2) is 11.0. The molecule has 0 aromatic heterocycles. The normalized spacial score (nSPS) is 10.9. The quantitative estimate of drug-likeness (QED) is 0.115. The number of hydrogen-bond acceptors (Lipinski definition) is 5. The molecule has 0 aliphatic heterocycles. The monoisotopic (exact) mass is 519 g/mol. The van der Waals surface area contributed by atoms with Gasteiger partial charge < -0.3 is 10.1 Å². The van der Waals surface area contributed by atoms with Gasteiger partial charge in [-0.3, -0.25) is 9.59 Å². The first kappa shape index (κ1) is 24.9. The lowest BCUT2D eigenvalue weighted by molar-refractivity contribution is -0.136. The Kier molecular flexibility index (Phi) is 7.63. The van der Waals surface area contributed by atoms with Crippen molar-refractivity contribution in [3.8, 4) is 5.75 Å². The van der Waals surface area contributed by atoms with E-state index >= 15 is 0 Å². The van der Waals surface area contributed by atoms with Crippen LogP contribution in [-0.2, 0) is 9.59 Å². The Morgan fingerprint density at radius 2 is 1.61 bits per heavy atom. The molecule has 0 heterocycles. The SMILES string of the molecule is Cc1ccc(C(=O)Oc2ccc3ccccc3c2/C=N/NC(=O)C(=O)Nc2ccc(Cl)c(Cl)c2)cc1. The average Bonchev–Trinajstić information content (AvgIpc) is 2.87. The molecular formula is C27H19Cl2N3O4. The molecule has 4 aromatic rings. The predicted molar refractivity (Wildman–Crippen MR) is 141 cm³/mol. The first-order chi connectivity index (χ1) is 17.3. The Balaban J connectivity index is 1.53. The van der Waals surface area contributed by atoms with Crippen molar-refractivity contribution in [2.45, 2.75) is 6.92 Å². The topological polar surface area (TPSA) is 96.9 Å². The molecule has 0 radical (unpaired) electrons. The third-order valence-corrected chi connectivity index (χ3v) is 5.90. The van der Waals surface area contributed by atoms with E-state index in [-0.39, 0.29) is 10.8 Å². The molecular weight excluding hydrogens is 501 g/mol. The van der Waals surface area contributed by atoms with Gasteiger partial charge in [-0.2, -0.15) is 5.10 Å². The summed E-state index contributed by atoms with van der Waals surface area (Å²) in [6.45, 7) is 1.92. The minimum atomic E-state index is -1.00. The lowest BCUT2D eigenvalue weighted by Gasteiger charge is -2.11. The van der Waals surface area contributed by atoms with Crippen LogP contribution in [0.1, 0.15) is 21.5 Å². The molecule has 0 unspecified atom stereocenters. The van der Waals surface area contributed by atoms with Crippen LogP contribution in [0, 0.1) is 6.92 Å². The molecule has 36 heavy (non-hydrogen) atoms. The van der Waals surface area contributed by atoms with E-state index in [0.717, 1.165) is 16.3 Å². The highest BCUT2D eigenvalue weighted by Gasteiger charge is 2.16. The molecule has 0 saturated heterocycles. The van der Waals surface area contributed by atoms with Gasteiger partial charge in [-0.05, 0) is 54.1 Å². The Morgan fingerprint density at radius 1 is 0.861 bits per heavy atom. The molecule has 0 fully saturated rings. The molecule has 0 bridgehead atoms. The number of hydrazone groups is 1. The summed E-state index contributed by atoms with van der Waals surface area (Å²) in [5, 5.41) is 8.49. The van der Waals surface area contributed by atoms with Crippen molar-refractivity contribution >= 4 is 63.7 Å². The molecule has 4 rings (SSSR count). The maximum absolute atomic E-state index is 12.7. The van der Waals surface area contributed by atoms with Crippen molar-refractivity contribution in [1.29, 1.82) is 0 Å². The molecule has 0 aliphatic rings. The second-order valence-corrected chi connectivity index (χ2v) is 8.55. The third-order valence-electron chi connectivity index (χ3n) is 5.16. The number of esters is 1. The molecule has 4 aromatic carbocycles. The van der Waals surface area contributed by atoms with E-state index in [4.69, 9.17) is 27.9 Å². The Labute approximate surface area is 216 Å². The highest BCUT2D eigenvalue weighted by atomic mass is 35.5. The van der Waals surface area contributed by atoms with E-state index in [2.05, 4.69) is 15.8 Å². The zero-order valence-electron chi connectivity index (χ0n) is 18.9. The number of rotatable bonds is 5. The Bertz CT molecular complexity index is 1500. The highest BCUT2D eigenvalue weighted by molar-refractivity contribution is 6.43. The van der Waals surface area contributed by atoms with Crippen LogP contribution in [0.5, 0.6) is 5.75 Å². The first-order valence-electron chi connectivity index (χ1n) is 10.7. The second-order valence-electron chi connectivity index (χ2n) is 7.74. The maximum atomic E-state index is 12.7. The molecule has 0 spiro atoms. The van der Waals surface area contributed by atoms with Gasteiger partial charge in [-0.15, -0.1) is 0 Å². The van der Waals surface area contributed by atoms with Crippen LogP contribution in [0.15, 0.2) is 84.0 Å².